The van der Waals surface area contributed by atoms with Crippen molar-refractivity contribution in [3.63, 3.8) is 0 Å². The van der Waals surface area contributed by atoms with E-state index in [1.807, 2.05) is 32.7 Å². The topological polar surface area (TPSA) is 42.2 Å². The SMILES string of the molecule is CN(Cc1nnc(C(C)(C)C)o1)c1ccc(F)cc1. The van der Waals surface area contributed by atoms with Crippen molar-refractivity contribution in [2.24, 2.45) is 0 Å². The number of hydrogen-bond acceptors (Lipinski definition) is 4. The van der Waals surface area contributed by atoms with Crippen LogP contribution in [0.1, 0.15) is 32.6 Å². The second-order valence-electron chi connectivity index (χ2n) is 5.58. The van der Waals surface area contributed by atoms with E-state index in [2.05, 4.69) is 10.2 Å². The van der Waals surface area contributed by atoms with Crippen LogP contribution in [0, 0.1) is 5.82 Å². The molecule has 4 nitrogen and oxygen atoms in total. The molecule has 0 amide bonds. The van der Waals surface area contributed by atoms with Gasteiger partial charge in [0.05, 0.1) is 6.54 Å². The van der Waals surface area contributed by atoms with E-state index >= 15 is 0 Å². The second-order valence-corrected chi connectivity index (χ2v) is 5.58. The Kier molecular flexibility index (Phi) is 3.55. The van der Waals surface area contributed by atoms with Gasteiger partial charge in [0, 0.05) is 18.2 Å². The van der Waals surface area contributed by atoms with Gasteiger partial charge in [0.15, 0.2) is 0 Å². The summed E-state index contributed by atoms with van der Waals surface area (Å²) in [6.07, 6.45) is 0. The van der Waals surface area contributed by atoms with Crippen molar-refractivity contribution in [2.75, 3.05) is 11.9 Å². The van der Waals surface area contributed by atoms with Crippen LogP contribution in [0.25, 0.3) is 0 Å². The van der Waals surface area contributed by atoms with E-state index in [1.54, 1.807) is 12.1 Å². The first-order valence-electron chi connectivity index (χ1n) is 6.16. The first kappa shape index (κ1) is 13.5. The largest absolute Gasteiger partial charge is 0.423 e. The molecule has 1 heterocycles. The van der Waals surface area contributed by atoms with Crippen molar-refractivity contribution in [1.82, 2.24) is 10.2 Å². The van der Waals surface area contributed by atoms with Gasteiger partial charge in [-0.3, -0.25) is 0 Å². The fourth-order valence-electron chi connectivity index (χ4n) is 1.61. The lowest BCUT2D eigenvalue weighted by molar-refractivity contribution is 0.371. The Bertz CT molecular complexity index is 543. The average Bonchev–Trinajstić information content (AvgIpc) is 2.78. The number of halogens is 1. The lowest BCUT2D eigenvalue weighted by atomic mass is 9.97. The average molecular weight is 263 g/mol. The molecule has 19 heavy (non-hydrogen) atoms. The normalized spacial score (nSPS) is 11.6. The molecule has 5 heteroatoms. The van der Waals surface area contributed by atoms with Crippen LogP contribution >= 0.6 is 0 Å². The minimum Gasteiger partial charge on any atom is -0.423 e. The highest BCUT2D eigenvalue weighted by atomic mass is 19.1. The second kappa shape index (κ2) is 4.99. The van der Waals surface area contributed by atoms with Gasteiger partial charge in [-0.15, -0.1) is 10.2 Å². The van der Waals surface area contributed by atoms with Gasteiger partial charge in [0.1, 0.15) is 5.82 Å². The summed E-state index contributed by atoms with van der Waals surface area (Å²) in [5, 5.41) is 8.08. The maximum absolute atomic E-state index is 12.9. The first-order valence-corrected chi connectivity index (χ1v) is 6.16. The third-order valence-electron chi connectivity index (χ3n) is 2.75. The Balaban J connectivity index is 2.08. The van der Waals surface area contributed by atoms with Gasteiger partial charge in [-0.25, -0.2) is 4.39 Å². The van der Waals surface area contributed by atoms with Crippen LogP contribution in [-0.4, -0.2) is 17.2 Å². The molecular formula is C14H18FN3O. The molecule has 0 atom stereocenters. The van der Waals surface area contributed by atoms with Crippen LogP contribution < -0.4 is 4.90 Å². The number of nitrogens with zero attached hydrogens (tertiary/aromatic N) is 3. The molecule has 0 saturated carbocycles. The standard InChI is InChI=1S/C14H18FN3O/c1-14(2,3)13-17-16-12(19-13)9-18(4)11-7-5-10(15)6-8-11/h5-8H,9H2,1-4H3. The highest BCUT2D eigenvalue weighted by Gasteiger charge is 2.21. The Morgan fingerprint density at radius 2 is 1.79 bits per heavy atom. The molecule has 102 valence electrons. The highest BCUT2D eigenvalue weighted by Crippen LogP contribution is 2.21. The van der Waals surface area contributed by atoms with Crippen molar-refractivity contribution >= 4 is 5.69 Å². The van der Waals surface area contributed by atoms with E-state index < -0.39 is 0 Å². The molecular weight excluding hydrogens is 245 g/mol. The molecule has 0 aliphatic carbocycles. The van der Waals surface area contributed by atoms with Crippen LogP contribution in [-0.2, 0) is 12.0 Å². The smallest absolute Gasteiger partial charge is 0.235 e. The van der Waals surface area contributed by atoms with E-state index in [4.69, 9.17) is 4.42 Å². The van der Waals surface area contributed by atoms with Crippen LogP contribution in [0.15, 0.2) is 28.7 Å². The van der Waals surface area contributed by atoms with Crippen LogP contribution in [0.2, 0.25) is 0 Å². The Labute approximate surface area is 112 Å². The zero-order chi connectivity index (χ0) is 14.0. The van der Waals surface area contributed by atoms with Gasteiger partial charge in [0.2, 0.25) is 11.8 Å². The lowest BCUT2D eigenvalue weighted by Gasteiger charge is -2.17. The summed E-state index contributed by atoms with van der Waals surface area (Å²) in [5.41, 5.74) is 0.747. The molecule has 1 aromatic carbocycles. The predicted molar refractivity (Wildman–Crippen MR) is 71.5 cm³/mol. The van der Waals surface area contributed by atoms with Crippen molar-refractivity contribution in [3.05, 3.63) is 41.9 Å². The molecule has 0 aliphatic heterocycles. The number of anilines is 1. The van der Waals surface area contributed by atoms with E-state index in [0.717, 1.165) is 5.69 Å². The third-order valence-corrected chi connectivity index (χ3v) is 2.75. The monoisotopic (exact) mass is 263 g/mol. The molecule has 0 unspecified atom stereocenters. The zero-order valence-corrected chi connectivity index (χ0v) is 11.6. The Morgan fingerprint density at radius 3 is 2.32 bits per heavy atom. The highest BCUT2D eigenvalue weighted by molar-refractivity contribution is 5.45. The molecule has 0 aliphatic rings. The summed E-state index contributed by atoms with van der Waals surface area (Å²) in [7, 11) is 1.90. The summed E-state index contributed by atoms with van der Waals surface area (Å²) < 4.78 is 18.5. The molecule has 0 saturated heterocycles. The summed E-state index contributed by atoms with van der Waals surface area (Å²) in [6.45, 7) is 6.56. The molecule has 2 aromatic rings. The summed E-state index contributed by atoms with van der Waals surface area (Å²) in [4.78, 5) is 1.93. The van der Waals surface area contributed by atoms with Crippen molar-refractivity contribution < 1.29 is 8.81 Å². The predicted octanol–water partition coefficient (Wildman–Crippen LogP) is 3.14. The zero-order valence-electron chi connectivity index (χ0n) is 11.6. The van der Waals surface area contributed by atoms with Crippen LogP contribution in [0.4, 0.5) is 10.1 Å². The van der Waals surface area contributed by atoms with Crippen molar-refractivity contribution in [3.8, 4) is 0 Å². The Morgan fingerprint density at radius 1 is 1.16 bits per heavy atom. The van der Waals surface area contributed by atoms with Gasteiger partial charge in [-0.1, -0.05) is 20.8 Å². The fourth-order valence-corrected chi connectivity index (χ4v) is 1.61. The number of benzene rings is 1. The maximum atomic E-state index is 12.9. The Hall–Kier alpha value is -1.91. The summed E-state index contributed by atoms with van der Waals surface area (Å²) in [6, 6.07) is 6.30. The van der Waals surface area contributed by atoms with Crippen molar-refractivity contribution in [2.45, 2.75) is 32.7 Å². The van der Waals surface area contributed by atoms with Gasteiger partial charge in [0.25, 0.3) is 0 Å². The van der Waals surface area contributed by atoms with E-state index in [9.17, 15) is 4.39 Å². The number of rotatable bonds is 3. The van der Waals surface area contributed by atoms with E-state index in [-0.39, 0.29) is 11.2 Å². The minimum atomic E-state index is -0.245. The summed E-state index contributed by atoms with van der Waals surface area (Å²) >= 11 is 0. The lowest BCUT2D eigenvalue weighted by Crippen LogP contribution is -2.16. The van der Waals surface area contributed by atoms with E-state index in [0.29, 0.717) is 18.3 Å². The maximum Gasteiger partial charge on any atom is 0.235 e. The number of hydrogen-bond donors (Lipinski definition) is 0. The quantitative estimate of drug-likeness (QED) is 0.853. The molecule has 1 aromatic heterocycles. The van der Waals surface area contributed by atoms with Gasteiger partial charge >= 0.3 is 0 Å². The number of aromatic nitrogens is 2. The third kappa shape index (κ3) is 3.30. The minimum absolute atomic E-state index is 0.153. The molecule has 0 N–H and O–H groups in total. The van der Waals surface area contributed by atoms with Crippen LogP contribution in [0.3, 0.4) is 0 Å². The molecule has 0 radical (unpaired) electrons. The van der Waals surface area contributed by atoms with E-state index in [1.165, 1.54) is 12.1 Å². The fraction of sp³-hybridized carbons (Fsp3) is 0.429. The van der Waals surface area contributed by atoms with Crippen molar-refractivity contribution in [1.29, 1.82) is 0 Å². The summed E-state index contributed by atoms with van der Waals surface area (Å²) in [5.74, 6) is 0.928. The molecule has 2 rings (SSSR count). The van der Waals surface area contributed by atoms with Gasteiger partial charge < -0.3 is 9.32 Å². The molecule has 0 bridgehead atoms. The molecule has 0 fully saturated rings. The van der Waals surface area contributed by atoms with Crippen LogP contribution in [0.5, 0.6) is 0 Å². The first-order chi connectivity index (χ1) is 8.86. The molecule has 0 spiro atoms. The van der Waals surface area contributed by atoms with Gasteiger partial charge in [-0.05, 0) is 24.3 Å². The van der Waals surface area contributed by atoms with Gasteiger partial charge in [-0.2, -0.15) is 0 Å².